The Balaban J connectivity index is 2.19. The number of aromatic amines is 1. The second-order valence-corrected chi connectivity index (χ2v) is 5.99. The molecular formula is C12H10N4O2S. The molecule has 0 saturated carbocycles. The molecule has 0 amide bonds. The first-order valence-corrected chi connectivity index (χ1v) is 7.03. The van der Waals surface area contributed by atoms with E-state index in [2.05, 4.69) is 19.9 Å². The fourth-order valence-corrected chi connectivity index (χ4v) is 3.03. The Morgan fingerprint density at radius 3 is 2.84 bits per heavy atom. The highest BCUT2D eigenvalue weighted by molar-refractivity contribution is 7.91. The fourth-order valence-electron chi connectivity index (χ4n) is 1.76. The number of rotatable bonds is 2. The van der Waals surface area contributed by atoms with Gasteiger partial charge >= 0.3 is 0 Å². The van der Waals surface area contributed by atoms with Crippen LogP contribution in [0.5, 0.6) is 0 Å². The van der Waals surface area contributed by atoms with Crippen molar-refractivity contribution in [3.05, 3.63) is 42.4 Å². The Morgan fingerprint density at radius 1 is 1.26 bits per heavy atom. The van der Waals surface area contributed by atoms with Crippen molar-refractivity contribution in [3.63, 3.8) is 0 Å². The number of sulfone groups is 1. The number of nitrogens with one attached hydrogen (secondary N) is 1. The van der Waals surface area contributed by atoms with Crippen LogP contribution >= 0.6 is 0 Å². The molecule has 0 fully saturated rings. The molecule has 19 heavy (non-hydrogen) atoms. The van der Waals surface area contributed by atoms with Gasteiger partial charge in [-0.25, -0.2) is 18.4 Å². The summed E-state index contributed by atoms with van der Waals surface area (Å²) in [6.07, 6.45) is 2.82. The van der Waals surface area contributed by atoms with Crippen LogP contribution in [-0.2, 0) is 9.84 Å². The minimum Gasteiger partial charge on any atom is -0.326 e. The van der Waals surface area contributed by atoms with Crippen LogP contribution in [-0.4, -0.2) is 28.4 Å². The monoisotopic (exact) mass is 274 g/mol. The zero-order valence-corrected chi connectivity index (χ0v) is 10.8. The minimum atomic E-state index is -3.66. The summed E-state index contributed by atoms with van der Waals surface area (Å²) in [6, 6.07) is 6.68. The number of benzene rings is 1. The SMILES string of the molecule is Cc1cccc(S(=O)(=O)c2nc3ncncc3[nH]2)c1. The molecule has 0 spiro atoms. The highest BCUT2D eigenvalue weighted by atomic mass is 32.2. The first-order chi connectivity index (χ1) is 9.07. The summed E-state index contributed by atoms with van der Waals surface area (Å²) in [7, 11) is -3.66. The topological polar surface area (TPSA) is 88.6 Å². The van der Waals surface area contributed by atoms with Gasteiger partial charge in [-0.15, -0.1) is 0 Å². The van der Waals surface area contributed by atoms with Gasteiger partial charge < -0.3 is 4.98 Å². The number of aryl methyl sites for hydroxylation is 1. The molecule has 96 valence electrons. The summed E-state index contributed by atoms with van der Waals surface area (Å²) < 4.78 is 24.8. The zero-order chi connectivity index (χ0) is 13.5. The number of fused-ring (bicyclic) bond motifs is 1. The summed E-state index contributed by atoms with van der Waals surface area (Å²) in [5.74, 6) is 0. The molecule has 0 bridgehead atoms. The maximum atomic E-state index is 12.4. The van der Waals surface area contributed by atoms with Crippen LogP contribution in [0.1, 0.15) is 5.56 Å². The lowest BCUT2D eigenvalue weighted by atomic mass is 10.2. The third-order valence-electron chi connectivity index (χ3n) is 2.69. The largest absolute Gasteiger partial charge is 0.326 e. The molecule has 1 aromatic carbocycles. The summed E-state index contributed by atoms with van der Waals surface area (Å²) >= 11 is 0. The molecule has 0 aliphatic carbocycles. The van der Waals surface area contributed by atoms with Crippen LogP contribution in [0.3, 0.4) is 0 Å². The fraction of sp³-hybridized carbons (Fsp3) is 0.0833. The Labute approximate surface area is 109 Å². The molecule has 1 N–H and O–H groups in total. The molecule has 0 atom stereocenters. The van der Waals surface area contributed by atoms with E-state index in [9.17, 15) is 8.42 Å². The van der Waals surface area contributed by atoms with E-state index in [1.54, 1.807) is 18.2 Å². The van der Waals surface area contributed by atoms with Crippen LogP contribution in [0.4, 0.5) is 0 Å². The first-order valence-electron chi connectivity index (χ1n) is 5.55. The number of nitrogens with zero attached hydrogens (tertiary/aromatic N) is 3. The quantitative estimate of drug-likeness (QED) is 0.765. The van der Waals surface area contributed by atoms with Crippen molar-refractivity contribution >= 4 is 21.0 Å². The first kappa shape index (κ1) is 11.8. The van der Waals surface area contributed by atoms with Crippen molar-refractivity contribution in [2.45, 2.75) is 17.0 Å². The van der Waals surface area contributed by atoms with Gasteiger partial charge in [-0.05, 0) is 24.6 Å². The van der Waals surface area contributed by atoms with Gasteiger partial charge in [0.1, 0.15) is 11.8 Å². The predicted octanol–water partition coefficient (Wildman–Crippen LogP) is 1.49. The van der Waals surface area contributed by atoms with Crippen LogP contribution in [0.25, 0.3) is 11.2 Å². The average molecular weight is 274 g/mol. The minimum absolute atomic E-state index is 0.117. The Kier molecular flexibility index (Phi) is 2.56. The summed E-state index contributed by atoms with van der Waals surface area (Å²) in [5.41, 5.74) is 1.70. The van der Waals surface area contributed by atoms with Gasteiger partial charge in [0.25, 0.3) is 0 Å². The Morgan fingerprint density at radius 2 is 2.11 bits per heavy atom. The second-order valence-electron chi connectivity index (χ2n) is 4.12. The molecule has 3 aromatic rings. The molecule has 3 rings (SSSR count). The maximum absolute atomic E-state index is 12.4. The van der Waals surface area contributed by atoms with E-state index in [0.717, 1.165) is 5.56 Å². The van der Waals surface area contributed by atoms with Gasteiger partial charge in [-0.3, -0.25) is 0 Å². The lowest BCUT2D eigenvalue weighted by Gasteiger charge is -2.01. The Bertz CT molecular complexity index is 822. The van der Waals surface area contributed by atoms with Gasteiger partial charge in [0.05, 0.1) is 11.1 Å². The number of aromatic nitrogens is 4. The number of imidazole rings is 1. The number of H-pyrrole nitrogens is 1. The lowest BCUT2D eigenvalue weighted by molar-refractivity contribution is 0.589. The Hall–Kier alpha value is -2.28. The van der Waals surface area contributed by atoms with Gasteiger partial charge in [0.15, 0.2) is 5.65 Å². The number of hydrogen-bond acceptors (Lipinski definition) is 5. The molecule has 2 heterocycles. The van der Waals surface area contributed by atoms with E-state index >= 15 is 0 Å². The van der Waals surface area contributed by atoms with Crippen molar-refractivity contribution < 1.29 is 8.42 Å². The summed E-state index contributed by atoms with van der Waals surface area (Å²) in [5, 5.41) is -0.117. The molecule has 0 aliphatic rings. The van der Waals surface area contributed by atoms with E-state index in [4.69, 9.17) is 0 Å². The maximum Gasteiger partial charge on any atom is 0.239 e. The molecule has 2 aromatic heterocycles. The van der Waals surface area contributed by atoms with Crippen LogP contribution in [0.15, 0.2) is 46.8 Å². The number of hydrogen-bond donors (Lipinski definition) is 1. The summed E-state index contributed by atoms with van der Waals surface area (Å²) in [6.45, 7) is 1.84. The second kappa shape index (κ2) is 4.13. The standard InChI is InChI=1S/C12H10N4O2S/c1-8-3-2-4-9(5-8)19(17,18)12-15-10-6-13-7-14-11(10)16-12/h2-7H,1H3,(H,13,14,15,16). The summed E-state index contributed by atoms with van der Waals surface area (Å²) in [4.78, 5) is 14.7. The zero-order valence-electron chi connectivity index (χ0n) is 10.0. The van der Waals surface area contributed by atoms with E-state index in [1.165, 1.54) is 12.5 Å². The average Bonchev–Trinajstić information content (AvgIpc) is 2.83. The van der Waals surface area contributed by atoms with Crippen LogP contribution < -0.4 is 0 Å². The van der Waals surface area contributed by atoms with Crippen LogP contribution in [0, 0.1) is 6.92 Å². The van der Waals surface area contributed by atoms with Gasteiger partial charge in [0, 0.05) is 0 Å². The molecular weight excluding hydrogens is 264 g/mol. The molecule has 0 aliphatic heterocycles. The lowest BCUT2D eigenvalue weighted by Crippen LogP contribution is -2.04. The third kappa shape index (κ3) is 1.97. The van der Waals surface area contributed by atoms with Crippen molar-refractivity contribution in [2.24, 2.45) is 0 Å². The van der Waals surface area contributed by atoms with E-state index in [0.29, 0.717) is 11.2 Å². The van der Waals surface area contributed by atoms with Gasteiger partial charge in [-0.2, -0.15) is 4.98 Å². The smallest absolute Gasteiger partial charge is 0.239 e. The van der Waals surface area contributed by atoms with E-state index < -0.39 is 9.84 Å². The van der Waals surface area contributed by atoms with E-state index in [1.807, 2.05) is 13.0 Å². The van der Waals surface area contributed by atoms with Crippen molar-refractivity contribution in [1.29, 1.82) is 0 Å². The van der Waals surface area contributed by atoms with E-state index in [-0.39, 0.29) is 10.1 Å². The molecule has 0 unspecified atom stereocenters. The molecule has 0 saturated heterocycles. The predicted molar refractivity (Wildman–Crippen MR) is 68.3 cm³/mol. The van der Waals surface area contributed by atoms with Crippen molar-refractivity contribution in [1.82, 2.24) is 19.9 Å². The normalized spacial score (nSPS) is 11.8. The van der Waals surface area contributed by atoms with Crippen molar-refractivity contribution in [3.8, 4) is 0 Å². The van der Waals surface area contributed by atoms with Crippen LogP contribution in [0.2, 0.25) is 0 Å². The third-order valence-corrected chi connectivity index (χ3v) is 4.27. The molecule has 6 nitrogen and oxygen atoms in total. The highest BCUT2D eigenvalue weighted by Gasteiger charge is 2.22. The van der Waals surface area contributed by atoms with Crippen molar-refractivity contribution in [2.75, 3.05) is 0 Å². The highest BCUT2D eigenvalue weighted by Crippen LogP contribution is 2.20. The molecule has 7 heteroatoms. The van der Waals surface area contributed by atoms with Gasteiger partial charge in [-0.1, -0.05) is 12.1 Å². The van der Waals surface area contributed by atoms with Gasteiger partial charge in [0.2, 0.25) is 15.0 Å². The molecule has 0 radical (unpaired) electrons.